The summed E-state index contributed by atoms with van der Waals surface area (Å²) in [5, 5.41) is 17.4. The molecule has 4 aliphatic rings. The molecule has 4 aliphatic carbocycles. The van der Waals surface area contributed by atoms with Gasteiger partial charge in [0.2, 0.25) is 17.7 Å². The Labute approximate surface area is 293 Å². The summed E-state index contributed by atoms with van der Waals surface area (Å²) >= 11 is 0. The molecule has 0 aromatic heterocycles. The lowest BCUT2D eigenvalue weighted by Crippen LogP contribution is -2.68. The van der Waals surface area contributed by atoms with E-state index in [0.717, 1.165) is 36.8 Å². The molecule has 3 amide bonds. The third kappa shape index (κ3) is 8.53. The van der Waals surface area contributed by atoms with Gasteiger partial charge in [-0.2, -0.15) is 0 Å². The lowest BCUT2D eigenvalue weighted by Gasteiger charge is -2.63. The van der Waals surface area contributed by atoms with Crippen molar-refractivity contribution in [1.82, 2.24) is 16.0 Å². The number of hydrogen-bond donors (Lipinski definition) is 6. The molecule has 0 saturated heterocycles. The molecular weight excluding hydrogens is 638 g/mol. The van der Waals surface area contributed by atoms with Crippen LogP contribution < -0.4 is 27.4 Å². The Kier molecular flexibility index (Phi) is 11.6. The Morgan fingerprint density at radius 3 is 2.16 bits per heavy atom. The van der Waals surface area contributed by atoms with Gasteiger partial charge in [-0.25, -0.2) is 4.79 Å². The summed E-state index contributed by atoms with van der Waals surface area (Å²) in [6.07, 6.45) is 6.12. The second-order valence-corrected chi connectivity index (χ2v) is 14.8. The van der Waals surface area contributed by atoms with Crippen LogP contribution >= 0.6 is 0 Å². The van der Waals surface area contributed by atoms with Crippen LogP contribution in [0.25, 0.3) is 0 Å². The molecule has 0 heterocycles. The third-order valence-electron chi connectivity index (χ3n) is 11.1. The number of phenols is 1. The van der Waals surface area contributed by atoms with Gasteiger partial charge in [0.05, 0.1) is 18.0 Å². The van der Waals surface area contributed by atoms with Crippen LogP contribution in [-0.4, -0.2) is 65.0 Å². The fourth-order valence-electron chi connectivity index (χ4n) is 8.60. The standard InChI is InChI=1S/C38H51N5O7/c1-3-4-10-30(43-33(46)29(39)16-25-11-13-28(44)14-12-25)34(47)41-22-32(45)42-31(17-24-8-6-5-7-9-24)35(48)50-36(49)37-18-26-15-27(19-37)21-38(40,20-26)23(37)2/h5-9,11-14,23,26-27,29-31,44H,3-4,10,15-22,39-40H2,1-2H3,(H,41,47)(H,42,45)(H,43,46)/t23?,26?,27?,29-,30+,31-,37?,38?/m0/s1. The maximum absolute atomic E-state index is 13.8. The van der Waals surface area contributed by atoms with Gasteiger partial charge in [0, 0.05) is 12.0 Å². The van der Waals surface area contributed by atoms with E-state index in [4.69, 9.17) is 16.2 Å². The van der Waals surface area contributed by atoms with Crippen molar-refractivity contribution in [3.8, 4) is 5.75 Å². The van der Waals surface area contributed by atoms with Gasteiger partial charge in [-0.05, 0) is 86.0 Å². The molecule has 4 bridgehead atoms. The minimum atomic E-state index is -1.18. The molecule has 270 valence electrons. The van der Waals surface area contributed by atoms with Crippen LogP contribution in [0.3, 0.4) is 0 Å². The monoisotopic (exact) mass is 689 g/mol. The first-order valence-electron chi connectivity index (χ1n) is 17.8. The normalized spacial score (nSPS) is 26.7. The van der Waals surface area contributed by atoms with Crippen LogP contribution in [0.2, 0.25) is 0 Å². The molecule has 0 radical (unpaired) electrons. The molecule has 6 rings (SSSR count). The lowest BCUT2D eigenvalue weighted by molar-refractivity contribution is -0.190. The van der Waals surface area contributed by atoms with Gasteiger partial charge in [0.25, 0.3) is 0 Å². The van der Waals surface area contributed by atoms with Crippen LogP contribution in [0.4, 0.5) is 0 Å². The van der Waals surface area contributed by atoms with Crippen LogP contribution in [-0.2, 0) is 41.6 Å². The Hall–Kier alpha value is -4.29. The van der Waals surface area contributed by atoms with Crippen molar-refractivity contribution < 1.29 is 33.8 Å². The summed E-state index contributed by atoms with van der Waals surface area (Å²) in [7, 11) is 0. The molecule has 3 unspecified atom stereocenters. The van der Waals surface area contributed by atoms with Crippen molar-refractivity contribution in [1.29, 1.82) is 0 Å². The van der Waals surface area contributed by atoms with Crippen LogP contribution in [0.15, 0.2) is 54.6 Å². The van der Waals surface area contributed by atoms with Crippen molar-refractivity contribution in [2.75, 3.05) is 6.54 Å². The van der Waals surface area contributed by atoms with Crippen molar-refractivity contribution >= 4 is 29.7 Å². The number of benzene rings is 2. The smallest absolute Gasteiger partial charge is 0.336 e. The van der Waals surface area contributed by atoms with Crippen LogP contribution in [0, 0.1) is 23.2 Å². The largest absolute Gasteiger partial charge is 0.508 e. The first kappa shape index (κ1) is 37.0. The van der Waals surface area contributed by atoms with Crippen LogP contribution in [0.1, 0.15) is 76.3 Å². The molecule has 0 aliphatic heterocycles. The first-order chi connectivity index (χ1) is 23.8. The highest BCUT2D eigenvalue weighted by Crippen LogP contribution is 2.64. The van der Waals surface area contributed by atoms with E-state index in [1.807, 2.05) is 44.2 Å². The van der Waals surface area contributed by atoms with E-state index >= 15 is 0 Å². The highest BCUT2D eigenvalue weighted by molar-refractivity contribution is 5.95. The van der Waals surface area contributed by atoms with Crippen molar-refractivity contribution in [2.24, 2.45) is 34.6 Å². The zero-order valence-corrected chi connectivity index (χ0v) is 29.0. The first-order valence-corrected chi connectivity index (χ1v) is 17.8. The Balaban J connectivity index is 1.20. The third-order valence-corrected chi connectivity index (χ3v) is 11.1. The van der Waals surface area contributed by atoms with E-state index in [-0.39, 0.29) is 24.5 Å². The number of aromatic hydroxyl groups is 1. The molecule has 2 aromatic rings. The maximum atomic E-state index is 13.8. The number of amides is 3. The highest BCUT2D eigenvalue weighted by Gasteiger charge is 2.64. The van der Waals surface area contributed by atoms with Crippen molar-refractivity contribution in [3.05, 3.63) is 65.7 Å². The van der Waals surface area contributed by atoms with E-state index < -0.39 is 65.3 Å². The van der Waals surface area contributed by atoms with E-state index in [1.165, 1.54) is 12.1 Å². The van der Waals surface area contributed by atoms with Gasteiger partial charge in [0.1, 0.15) is 17.8 Å². The molecule has 4 saturated carbocycles. The fourth-order valence-corrected chi connectivity index (χ4v) is 8.60. The van der Waals surface area contributed by atoms with E-state index in [2.05, 4.69) is 16.0 Å². The second-order valence-electron chi connectivity index (χ2n) is 14.8. The minimum absolute atomic E-state index is 0.0787. The second kappa shape index (κ2) is 15.7. The quantitative estimate of drug-likeness (QED) is 0.120. The molecule has 8 N–H and O–H groups in total. The summed E-state index contributed by atoms with van der Waals surface area (Å²) in [5.74, 6) is -2.56. The lowest BCUT2D eigenvalue weighted by atomic mass is 9.43. The van der Waals surface area contributed by atoms with Gasteiger partial charge in [-0.3, -0.25) is 19.2 Å². The van der Waals surface area contributed by atoms with E-state index in [1.54, 1.807) is 12.1 Å². The van der Waals surface area contributed by atoms with Gasteiger partial charge < -0.3 is 37.3 Å². The number of nitrogens with two attached hydrogens (primary N) is 2. The highest BCUT2D eigenvalue weighted by atomic mass is 16.6. The maximum Gasteiger partial charge on any atom is 0.336 e. The van der Waals surface area contributed by atoms with Crippen LogP contribution in [0.5, 0.6) is 5.75 Å². The van der Waals surface area contributed by atoms with Gasteiger partial charge in [0.15, 0.2) is 0 Å². The minimum Gasteiger partial charge on any atom is -0.508 e. The van der Waals surface area contributed by atoms with Gasteiger partial charge in [-0.1, -0.05) is 69.2 Å². The number of rotatable bonds is 15. The Bertz CT molecular complexity index is 1530. The fraction of sp³-hybridized carbons (Fsp3) is 0.553. The molecule has 6 atom stereocenters. The van der Waals surface area contributed by atoms with Gasteiger partial charge >= 0.3 is 11.9 Å². The summed E-state index contributed by atoms with van der Waals surface area (Å²) in [4.78, 5) is 66.7. The molecule has 12 heteroatoms. The summed E-state index contributed by atoms with van der Waals surface area (Å²) < 4.78 is 5.60. The van der Waals surface area contributed by atoms with Crippen molar-refractivity contribution in [3.63, 3.8) is 0 Å². The number of unbranched alkanes of at least 4 members (excludes halogenated alkanes) is 1. The molecule has 4 fully saturated rings. The summed E-state index contributed by atoms with van der Waals surface area (Å²) in [6, 6.07) is 12.3. The number of ether oxygens (including phenoxy) is 1. The number of hydrogen-bond acceptors (Lipinski definition) is 9. The predicted octanol–water partition coefficient (Wildman–Crippen LogP) is 2.39. The van der Waals surface area contributed by atoms with Crippen molar-refractivity contribution in [2.45, 2.75) is 102 Å². The average molecular weight is 690 g/mol. The molecular formula is C38H51N5O7. The number of esters is 2. The Morgan fingerprint density at radius 2 is 1.52 bits per heavy atom. The number of nitrogens with one attached hydrogen (secondary N) is 3. The van der Waals surface area contributed by atoms with E-state index in [9.17, 15) is 29.1 Å². The summed E-state index contributed by atoms with van der Waals surface area (Å²) in [6.45, 7) is 3.48. The number of carbonyl (C=O) groups is 5. The number of phenolic OH excluding ortho intramolecular Hbond substituents is 1. The zero-order chi connectivity index (χ0) is 36.1. The molecule has 12 nitrogen and oxygen atoms in total. The Morgan fingerprint density at radius 1 is 0.880 bits per heavy atom. The average Bonchev–Trinajstić information content (AvgIpc) is 3.08. The number of carbonyl (C=O) groups excluding carboxylic acids is 5. The topological polar surface area (TPSA) is 203 Å². The molecule has 0 spiro atoms. The van der Waals surface area contributed by atoms with E-state index in [0.29, 0.717) is 37.5 Å². The molecule has 50 heavy (non-hydrogen) atoms. The zero-order valence-electron chi connectivity index (χ0n) is 29.0. The predicted molar refractivity (Wildman–Crippen MR) is 186 cm³/mol. The summed E-state index contributed by atoms with van der Waals surface area (Å²) in [5.41, 5.74) is 13.2. The SMILES string of the molecule is CCCC[C@@H](NC(=O)[C@@H](N)Cc1ccc(O)cc1)C(=O)NCC(=O)N[C@@H](Cc1ccccc1)C(=O)OC(=O)C12CC3CC(CC(N)(C3)C1C)C2. The van der Waals surface area contributed by atoms with Gasteiger partial charge in [-0.15, -0.1) is 0 Å². The molecule has 2 aromatic carbocycles.